The number of carbonyl (C=O) groups excluding carboxylic acids is 1. The number of hydrogen-bond acceptors (Lipinski definition) is 2. The number of benzene rings is 1. The van der Waals surface area contributed by atoms with E-state index in [1.54, 1.807) is 18.2 Å². The number of esters is 1. The van der Waals surface area contributed by atoms with Crippen molar-refractivity contribution in [1.29, 1.82) is 0 Å². The first-order chi connectivity index (χ1) is 6.92. The number of hydrogen-bond donors (Lipinski definition) is 0. The normalized spacial score (nSPS) is 9.59. The molecular weight excluding hydrogens is 556 g/mol. The van der Waals surface area contributed by atoms with Crippen LogP contribution in [0.15, 0.2) is 18.7 Å². The summed E-state index contributed by atoms with van der Waals surface area (Å²) in [6.45, 7) is 9.08. The zero-order valence-electron chi connectivity index (χ0n) is 10.1. The quantitative estimate of drug-likeness (QED) is 0.405. The van der Waals surface area contributed by atoms with E-state index in [1.165, 1.54) is 0 Å². The van der Waals surface area contributed by atoms with Crippen LogP contribution in [-0.4, -0.2) is 11.6 Å². The van der Waals surface area contributed by atoms with Crippen molar-refractivity contribution >= 4 is 12.0 Å². The topological polar surface area (TPSA) is 26.3 Å². The summed E-state index contributed by atoms with van der Waals surface area (Å²) in [7, 11) is 0. The summed E-state index contributed by atoms with van der Waals surface area (Å²) in [6.07, 6.45) is 1.67. The van der Waals surface area contributed by atoms with Gasteiger partial charge in [-0.15, -0.1) is 12.7 Å². The fourth-order valence-corrected chi connectivity index (χ4v) is 0.959. The summed E-state index contributed by atoms with van der Waals surface area (Å²) < 4.78 is 5.17. The van der Waals surface area contributed by atoms with Gasteiger partial charge in [-0.25, -0.2) is 17.7 Å². The minimum atomic E-state index is -0.490. The first-order valence-corrected chi connectivity index (χ1v) is 4.71. The summed E-state index contributed by atoms with van der Waals surface area (Å²) in [5, 5.41) is 0. The van der Waals surface area contributed by atoms with Crippen LogP contribution in [-0.2, 0) is 46.9 Å². The largest absolute Gasteiger partial charge is 0.544 e. The van der Waals surface area contributed by atoms with Gasteiger partial charge in [-0.05, 0) is 20.8 Å². The summed E-state index contributed by atoms with van der Waals surface area (Å²) in [4.78, 5) is 11.5. The molecule has 0 saturated heterocycles. The number of ether oxygens (including phenoxy) is 1. The molecule has 0 aliphatic carbocycles. The molecule has 0 fully saturated rings. The Balaban J connectivity index is 0. The van der Waals surface area contributed by atoms with Crippen LogP contribution in [0.25, 0.3) is 6.08 Å². The monoisotopic (exact) mass is 570 g/mol. The molecule has 1 aromatic rings. The van der Waals surface area contributed by atoms with Gasteiger partial charge in [0.25, 0.3) is 0 Å². The third kappa shape index (κ3) is 6.96. The van der Waals surface area contributed by atoms with Gasteiger partial charge in [0.05, 0.1) is 5.60 Å². The molecule has 0 aliphatic rings. The molecule has 0 radical (unpaired) electrons. The van der Waals surface area contributed by atoms with Gasteiger partial charge in [0.2, 0.25) is 0 Å². The molecule has 92 valence electrons. The Morgan fingerprint density at radius 3 is 2.12 bits per heavy atom. The maximum Gasteiger partial charge on any atom is 0.157 e. The third-order valence-corrected chi connectivity index (χ3v) is 1.61. The van der Waals surface area contributed by atoms with E-state index < -0.39 is 11.6 Å². The minimum absolute atomic E-state index is 0. The Hall–Kier alpha value is -0.193. The average molecular weight is 570 g/mol. The molecule has 0 saturated carbocycles. The van der Waals surface area contributed by atoms with Gasteiger partial charge in [-0.1, -0.05) is 0 Å². The molecule has 17 heavy (non-hydrogen) atoms. The van der Waals surface area contributed by atoms with Crippen LogP contribution in [0.2, 0.25) is 0 Å². The van der Waals surface area contributed by atoms with E-state index in [9.17, 15) is 4.79 Å². The van der Waals surface area contributed by atoms with Crippen molar-refractivity contribution in [3.05, 3.63) is 42.0 Å². The molecule has 0 unspecified atom stereocenters. The van der Waals surface area contributed by atoms with Crippen LogP contribution >= 0.6 is 0 Å². The van der Waals surface area contributed by atoms with Gasteiger partial charge in [0.1, 0.15) is 0 Å². The summed E-state index contributed by atoms with van der Waals surface area (Å²) in [5.41, 5.74) is 0.702. The molecule has 0 aromatic heterocycles. The number of rotatable bonds is 2. The summed E-state index contributed by atoms with van der Waals surface area (Å²) in [5.74, 6) is -0.405. The molecule has 0 N–H and O–H groups in total. The zero-order chi connectivity index (χ0) is 11.5. The average Bonchev–Trinajstić information content (AvgIpc) is 2.15. The van der Waals surface area contributed by atoms with Crippen LogP contribution in [0.5, 0.6) is 0 Å². The maximum atomic E-state index is 11.5. The molecule has 4 heteroatoms. The fraction of sp³-hybridized carbons (Fsp3) is 0.308. The van der Waals surface area contributed by atoms with E-state index in [0.29, 0.717) is 5.56 Å². The second kappa shape index (κ2) is 8.00. The Kier molecular flexibility index (Phi) is 9.02. The second-order valence-corrected chi connectivity index (χ2v) is 4.16. The third-order valence-electron chi connectivity index (χ3n) is 1.61. The van der Waals surface area contributed by atoms with Crippen LogP contribution < -0.4 is 0 Å². The standard InChI is InChI=1S/C13H14O2.2W/c1-5-10-6-8-11(9-7-10)12(14)15-13(2,3)4;;/h5-7H,1H2,2-4H3;;/q-2;;. The summed E-state index contributed by atoms with van der Waals surface area (Å²) >= 11 is 0. The molecule has 2 nitrogen and oxygen atoms in total. The Bertz CT molecular complexity index is 364. The number of carbonyl (C=O) groups is 1. The predicted molar refractivity (Wildman–Crippen MR) is 59.4 cm³/mol. The molecule has 0 aliphatic heterocycles. The first-order valence-electron chi connectivity index (χ1n) is 4.71. The van der Waals surface area contributed by atoms with Gasteiger partial charge in [-0.2, -0.15) is 5.56 Å². The second-order valence-electron chi connectivity index (χ2n) is 4.16. The SMILES string of the molecule is C=Cc1c[c-]c(C(=O)OC(C)(C)C)[c-]c1.[W].[W]. The maximum absolute atomic E-state index is 11.5. The Morgan fingerprint density at radius 1 is 1.29 bits per heavy atom. The van der Waals surface area contributed by atoms with Gasteiger partial charge >= 0.3 is 0 Å². The van der Waals surface area contributed by atoms with Crippen LogP contribution in [0.1, 0.15) is 36.7 Å². The van der Waals surface area contributed by atoms with Gasteiger partial charge < -0.3 is 9.53 Å². The van der Waals surface area contributed by atoms with Crippen molar-refractivity contribution in [2.24, 2.45) is 0 Å². The van der Waals surface area contributed by atoms with Crippen molar-refractivity contribution in [3.63, 3.8) is 0 Å². The Morgan fingerprint density at radius 2 is 1.76 bits per heavy atom. The molecular formula is C13H14O2W2-2. The molecule has 0 spiro atoms. The minimum Gasteiger partial charge on any atom is -0.544 e. The van der Waals surface area contributed by atoms with Crippen molar-refractivity contribution < 1.29 is 51.7 Å². The molecule has 0 bridgehead atoms. The van der Waals surface area contributed by atoms with Gasteiger partial charge in [0.15, 0.2) is 5.97 Å². The summed E-state index contributed by atoms with van der Waals surface area (Å²) in [6, 6.07) is 8.98. The van der Waals surface area contributed by atoms with Gasteiger partial charge in [-0.3, -0.25) is 12.1 Å². The van der Waals surface area contributed by atoms with E-state index in [-0.39, 0.29) is 42.1 Å². The smallest absolute Gasteiger partial charge is 0.157 e. The van der Waals surface area contributed by atoms with Crippen molar-refractivity contribution in [2.45, 2.75) is 26.4 Å². The van der Waals surface area contributed by atoms with Crippen LogP contribution in [0, 0.1) is 12.1 Å². The molecule has 0 amide bonds. The fourth-order valence-electron chi connectivity index (χ4n) is 0.959. The van der Waals surface area contributed by atoms with E-state index in [0.717, 1.165) is 5.56 Å². The molecule has 0 heterocycles. The van der Waals surface area contributed by atoms with Crippen molar-refractivity contribution in [1.82, 2.24) is 0 Å². The zero-order valence-corrected chi connectivity index (χ0v) is 15.9. The van der Waals surface area contributed by atoms with E-state index in [1.807, 2.05) is 20.8 Å². The molecule has 1 aromatic carbocycles. The first kappa shape index (κ1) is 19.2. The van der Waals surface area contributed by atoms with E-state index in [4.69, 9.17) is 4.74 Å². The van der Waals surface area contributed by atoms with Gasteiger partial charge in [0, 0.05) is 42.1 Å². The van der Waals surface area contributed by atoms with Crippen molar-refractivity contribution in [3.8, 4) is 0 Å². The molecule has 1 rings (SSSR count). The Labute approximate surface area is 131 Å². The molecule has 0 atom stereocenters. The van der Waals surface area contributed by atoms with Crippen LogP contribution in [0.4, 0.5) is 0 Å². The van der Waals surface area contributed by atoms with E-state index >= 15 is 0 Å². The van der Waals surface area contributed by atoms with Crippen LogP contribution in [0.3, 0.4) is 0 Å². The van der Waals surface area contributed by atoms with Crippen molar-refractivity contribution in [2.75, 3.05) is 0 Å². The predicted octanol–water partition coefficient (Wildman–Crippen LogP) is 2.88. The van der Waals surface area contributed by atoms with E-state index in [2.05, 4.69) is 18.7 Å².